The van der Waals surface area contributed by atoms with E-state index in [-0.39, 0.29) is 0 Å². The van der Waals surface area contributed by atoms with Crippen LogP contribution in [0.3, 0.4) is 0 Å². The monoisotopic (exact) mass is 390 g/mol. The molecule has 1 aliphatic carbocycles. The van der Waals surface area contributed by atoms with Gasteiger partial charge in [0.05, 0.1) is 11.9 Å². The summed E-state index contributed by atoms with van der Waals surface area (Å²) in [6, 6.07) is 15.6. The third kappa shape index (κ3) is 4.25. The molecule has 0 spiro atoms. The van der Waals surface area contributed by atoms with Gasteiger partial charge >= 0.3 is 0 Å². The van der Waals surface area contributed by atoms with Crippen LogP contribution < -0.4 is 10.7 Å². The van der Waals surface area contributed by atoms with Gasteiger partial charge in [-0.05, 0) is 68.2 Å². The number of nitrogens with zero attached hydrogens (tertiary/aromatic N) is 2. The first-order valence-corrected chi connectivity index (χ1v) is 10.1. The highest BCUT2D eigenvalue weighted by molar-refractivity contribution is 7.80. The van der Waals surface area contributed by atoms with E-state index in [2.05, 4.69) is 84.0 Å². The summed E-state index contributed by atoms with van der Waals surface area (Å²) in [4.78, 5) is 2.44. The molecule has 5 heteroatoms. The van der Waals surface area contributed by atoms with Gasteiger partial charge in [-0.3, -0.25) is 5.43 Å². The summed E-state index contributed by atoms with van der Waals surface area (Å²) in [7, 11) is 0. The zero-order valence-electron chi connectivity index (χ0n) is 16.6. The molecule has 2 N–H and O–H groups in total. The van der Waals surface area contributed by atoms with Crippen LogP contribution in [-0.2, 0) is 6.54 Å². The van der Waals surface area contributed by atoms with Crippen molar-refractivity contribution in [3.8, 4) is 0 Å². The third-order valence-electron chi connectivity index (χ3n) is 5.52. The van der Waals surface area contributed by atoms with Crippen LogP contribution in [0, 0.1) is 26.7 Å². The van der Waals surface area contributed by atoms with E-state index in [9.17, 15) is 0 Å². The second-order valence-electron chi connectivity index (χ2n) is 7.80. The second-order valence-corrected chi connectivity index (χ2v) is 8.20. The van der Waals surface area contributed by atoms with Gasteiger partial charge in [0, 0.05) is 24.2 Å². The molecule has 0 bridgehead atoms. The Balaban J connectivity index is 1.34. The smallest absolute Gasteiger partial charge is 0.191 e. The quantitative estimate of drug-likeness (QED) is 0.442. The van der Waals surface area contributed by atoms with Crippen LogP contribution in [0.25, 0.3) is 0 Å². The molecular weight excluding hydrogens is 364 g/mol. The van der Waals surface area contributed by atoms with Gasteiger partial charge in [-0.15, -0.1) is 0 Å². The number of aryl methyl sites for hydroxylation is 3. The van der Waals surface area contributed by atoms with Crippen molar-refractivity contribution in [1.82, 2.24) is 10.3 Å². The minimum Gasteiger partial charge on any atom is -0.363 e. The van der Waals surface area contributed by atoms with Crippen molar-refractivity contribution >= 4 is 29.2 Å². The number of hydrazone groups is 1. The van der Waals surface area contributed by atoms with Crippen LogP contribution in [-0.4, -0.2) is 22.3 Å². The van der Waals surface area contributed by atoms with Gasteiger partial charge in [0.25, 0.3) is 0 Å². The lowest BCUT2D eigenvalue weighted by Gasteiger charge is -2.22. The van der Waals surface area contributed by atoms with Crippen LogP contribution in [0.15, 0.2) is 59.3 Å². The van der Waals surface area contributed by atoms with Crippen molar-refractivity contribution in [3.05, 3.63) is 76.5 Å². The number of hydrogen-bond donors (Lipinski definition) is 2. The first-order valence-electron chi connectivity index (χ1n) is 9.71. The largest absolute Gasteiger partial charge is 0.363 e. The molecule has 4 rings (SSSR count). The lowest BCUT2D eigenvalue weighted by atomic mass is 10.1. The van der Waals surface area contributed by atoms with Crippen molar-refractivity contribution in [2.24, 2.45) is 11.0 Å². The normalized spacial score (nSPS) is 20.1. The molecule has 1 fully saturated rings. The molecule has 0 saturated heterocycles. The lowest BCUT2D eigenvalue weighted by Crippen LogP contribution is -2.26. The van der Waals surface area contributed by atoms with Crippen molar-refractivity contribution in [1.29, 1.82) is 0 Å². The Kier molecular flexibility index (Phi) is 5.18. The maximum atomic E-state index is 5.36. The van der Waals surface area contributed by atoms with E-state index < -0.39 is 0 Å². The molecule has 2 aromatic carbocycles. The lowest BCUT2D eigenvalue weighted by molar-refractivity contribution is 0.353. The number of nitrogens with one attached hydrogen (secondary N) is 2. The topological polar surface area (TPSA) is 39.7 Å². The van der Waals surface area contributed by atoms with Gasteiger partial charge < -0.3 is 10.2 Å². The summed E-state index contributed by atoms with van der Waals surface area (Å²) >= 11 is 5.36. The highest BCUT2D eigenvalue weighted by Crippen LogP contribution is 2.45. The molecule has 4 nitrogen and oxygen atoms in total. The maximum Gasteiger partial charge on any atom is 0.191 e. The van der Waals surface area contributed by atoms with Gasteiger partial charge in [0.1, 0.15) is 0 Å². The summed E-state index contributed by atoms with van der Waals surface area (Å²) in [6.45, 7) is 7.23. The summed E-state index contributed by atoms with van der Waals surface area (Å²) in [5.74, 6) is 0.674. The van der Waals surface area contributed by atoms with E-state index in [0.29, 0.717) is 17.1 Å². The van der Waals surface area contributed by atoms with E-state index in [0.717, 1.165) is 12.2 Å². The van der Waals surface area contributed by atoms with Crippen LogP contribution in [0.1, 0.15) is 28.7 Å². The van der Waals surface area contributed by atoms with Crippen molar-refractivity contribution in [3.63, 3.8) is 0 Å². The van der Waals surface area contributed by atoms with E-state index in [4.69, 9.17) is 12.2 Å². The summed E-state index contributed by atoms with van der Waals surface area (Å²) in [6.07, 6.45) is 5.46. The fourth-order valence-electron chi connectivity index (χ4n) is 3.60. The van der Waals surface area contributed by atoms with Crippen LogP contribution in [0.5, 0.6) is 0 Å². The fraction of sp³-hybridized carbons (Fsp3) is 0.304. The standard InChI is InChI=1S/C23H26N4S/c1-15-4-7-18(8-5-15)14-27-21(11-19-12-22(19)27)13-24-26-23(28)25-20-9-6-16(2)17(3)10-20/h4-11,13,19,22H,12,14H2,1-3H3,(H2,25,26,28)/b24-13+. The predicted octanol–water partition coefficient (Wildman–Crippen LogP) is 4.67. The second kappa shape index (κ2) is 7.76. The Morgan fingerprint density at radius 3 is 2.68 bits per heavy atom. The molecule has 0 radical (unpaired) electrons. The van der Waals surface area contributed by atoms with E-state index in [1.165, 1.54) is 34.4 Å². The van der Waals surface area contributed by atoms with Crippen LogP contribution in [0.4, 0.5) is 5.69 Å². The molecule has 28 heavy (non-hydrogen) atoms. The first kappa shape index (κ1) is 18.7. The predicted molar refractivity (Wildman–Crippen MR) is 120 cm³/mol. The molecule has 1 aliphatic heterocycles. The Hall–Kier alpha value is -2.66. The van der Waals surface area contributed by atoms with Gasteiger partial charge in [0.15, 0.2) is 5.11 Å². The van der Waals surface area contributed by atoms with Crippen LogP contribution in [0.2, 0.25) is 0 Å². The molecule has 144 valence electrons. The highest BCUT2D eigenvalue weighted by atomic mass is 32.1. The van der Waals surface area contributed by atoms with E-state index in [1.807, 2.05) is 12.3 Å². The van der Waals surface area contributed by atoms with Gasteiger partial charge in [-0.25, -0.2) is 0 Å². The van der Waals surface area contributed by atoms with Crippen molar-refractivity contribution in [2.45, 2.75) is 39.8 Å². The Labute approximate surface area is 172 Å². The van der Waals surface area contributed by atoms with Gasteiger partial charge in [-0.1, -0.05) is 42.0 Å². The average Bonchev–Trinajstić information content (AvgIpc) is 3.35. The molecule has 2 atom stereocenters. The molecule has 2 aromatic rings. The first-order chi connectivity index (χ1) is 13.5. The van der Waals surface area contributed by atoms with Crippen LogP contribution >= 0.6 is 12.2 Å². The maximum absolute atomic E-state index is 5.36. The SMILES string of the molecule is Cc1ccc(CN2C(/C=N/NC(=S)Nc3ccc(C)c(C)c3)=CC3CC32)cc1. The van der Waals surface area contributed by atoms with Crippen molar-refractivity contribution in [2.75, 3.05) is 5.32 Å². The molecule has 0 amide bonds. The molecule has 2 aliphatic rings. The average molecular weight is 391 g/mol. The number of thiocarbonyl (C=S) groups is 1. The Morgan fingerprint density at radius 2 is 1.93 bits per heavy atom. The molecule has 2 unspecified atom stereocenters. The summed E-state index contributed by atoms with van der Waals surface area (Å²) < 4.78 is 0. The fourth-order valence-corrected chi connectivity index (χ4v) is 3.77. The molecule has 0 aromatic heterocycles. The van der Waals surface area contributed by atoms with E-state index >= 15 is 0 Å². The van der Waals surface area contributed by atoms with E-state index in [1.54, 1.807) is 0 Å². The summed E-state index contributed by atoms with van der Waals surface area (Å²) in [5, 5.41) is 8.04. The molecule has 1 heterocycles. The van der Waals surface area contributed by atoms with Gasteiger partial charge in [0.2, 0.25) is 0 Å². The zero-order chi connectivity index (χ0) is 19.7. The number of fused-ring (bicyclic) bond motifs is 1. The molecular formula is C23H26N4S. The number of hydrogen-bond acceptors (Lipinski definition) is 3. The summed E-state index contributed by atoms with van der Waals surface area (Å²) in [5.41, 5.74) is 10.2. The zero-order valence-corrected chi connectivity index (χ0v) is 17.4. The third-order valence-corrected chi connectivity index (χ3v) is 5.72. The highest BCUT2D eigenvalue weighted by Gasteiger charge is 2.46. The minimum atomic E-state index is 0.494. The number of allylic oxidation sites excluding steroid dienone is 1. The Bertz CT molecular complexity index is 946. The van der Waals surface area contributed by atoms with Crippen molar-refractivity contribution < 1.29 is 0 Å². The number of benzene rings is 2. The number of rotatable bonds is 5. The minimum absolute atomic E-state index is 0.494. The van der Waals surface area contributed by atoms with Gasteiger partial charge in [-0.2, -0.15) is 5.10 Å². The Morgan fingerprint density at radius 1 is 1.14 bits per heavy atom. The number of anilines is 1. The molecule has 1 saturated carbocycles.